The van der Waals surface area contributed by atoms with Crippen LogP contribution < -0.4 is 10.2 Å². The van der Waals surface area contributed by atoms with Crippen molar-refractivity contribution in [3.63, 3.8) is 0 Å². The summed E-state index contributed by atoms with van der Waals surface area (Å²) in [7, 11) is 0.455. The molecule has 9 heteroatoms. The number of piperazine rings is 1. The van der Waals surface area contributed by atoms with Gasteiger partial charge in [-0.05, 0) is 17.7 Å². The summed E-state index contributed by atoms with van der Waals surface area (Å²) in [6, 6.07) is 15.7. The zero-order chi connectivity index (χ0) is 21.4. The van der Waals surface area contributed by atoms with Gasteiger partial charge in [0.15, 0.2) is 5.96 Å². The highest BCUT2D eigenvalue weighted by atomic mass is 32.2. The molecule has 2 aromatic rings. The fraction of sp³-hybridized carbons (Fsp3) is 0.429. The van der Waals surface area contributed by atoms with E-state index in [1.165, 1.54) is 0 Å². The third-order valence-corrected chi connectivity index (χ3v) is 6.80. The Bertz CT molecular complexity index is 911. The topological polar surface area (TPSA) is 81.1 Å². The highest BCUT2D eigenvalue weighted by molar-refractivity contribution is 7.89. The van der Waals surface area contributed by atoms with Crippen molar-refractivity contribution in [3.05, 3.63) is 60.3 Å². The number of rotatable bonds is 7. The minimum atomic E-state index is -3.33. The fourth-order valence-corrected chi connectivity index (χ4v) is 4.60. The molecule has 30 heavy (non-hydrogen) atoms. The molecule has 0 unspecified atom stereocenters. The molecular formula is C21H30N6O2S. The summed E-state index contributed by atoms with van der Waals surface area (Å²) < 4.78 is 27.1. The molecule has 0 amide bonds. The summed E-state index contributed by atoms with van der Waals surface area (Å²) in [6.07, 6.45) is 1.76. The number of nitrogens with zero attached hydrogens (tertiary/aromatic N) is 5. The van der Waals surface area contributed by atoms with Gasteiger partial charge in [-0.15, -0.1) is 0 Å². The molecule has 0 bridgehead atoms. The highest BCUT2D eigenvalue weighted by Gasteiger charge is 2.27. The second-order valence-corrected chi connectivity index (χ2v) is 9.43. The first-order chi connectivity index (χ1) is 14.5. The average molecular weight is 431 g/mol. The van der Waals surface area contributed by atoms with E-state index in [-0.39, 0.29) is 5.75 Å². The summed E-state index contributed by atoms with van der Waals surface area (Å²) in [4.78, 5) is 12.9. The minimum absolute atomic E-state index is 0.0365. The largest absolute Gasteiger partial charge is 0.355 e. The molecule has 1 aliphatic rings. The van der Waals surface area contributed by atoms with Gasteiger partial charge in [-0.1, -0.05) is 36.4 Å². The van der Waals surface area contributed by atoms with Gasteiger partial charge >= 0.3 is 0 Å². The van der Waals surface area contributed by atoms with E-state index in [2.05, 4.69) is 20.2 Å². The lowest BCUT2D eigenvalue weighted by Crippen LogP contribution is -2.50. The maximum Gasteiger partial charge on any atom is 0.215 e. The second-order valence-electron chi connectivity index (χ2n) is 7.34. The molecule has 8 nitrogen and oxygen atoms in total. The van der Waals surface area contributed by atoms with Crippen LogP contribution in [-0.4, -0.2) is 81.1 Å². The Labute approximate surface area is 179 Å². The van der Waals surface area contributed by atoms with E-state index in [0.717, 1.165) is 11.4 Å². The number of aromatic nitrogens is 1. The normalized spacial score (nSPS) is 15.8. The summed E-state index contributed by atoms with van der Waals surface area (Å²) in [6.45, 7) is 3.09. The molecule has 0 spiro atoms. The van der Waals surface area contributed by atoms with Crippen LogP contribution in [-0.2, 0) is 16.6 Å². The maximum atomic E-state index is 12.8. The number of hydrogen-bond acceptors (Lipinski definition) is 5. The SMILES string of the molecule is CN(C)C(=NCc1ccccc1)NCCS(=O)(=O)N1CCN(c2ccccn2)CC1. The van der Waals surface area contributed by atoms with Crippen LogP contribution in [0.15, 0.2) is 59.7 Å². The van der Waals surface area contributed by atoms with Crippen molar-refractivity contribution in [2.75, 3.05) is 57.5 Å². The van der Waals surface area contributed by atoms with Crippen molar-refractivity contribution in [1.29, 1.82) is 0 Å². The Morgan fingerprint density at radius 2 is 1.77 bits per heavy atom. The molecular weight excluding hydrogens is 400 g/mol. The number of benzene rings is 1. The van der Waals surface area contributed by atoms with Crippen molar-refractivity contribution >= 4 is 21.8 Å². The molecule has 1 aliphatic heterocycles. The Kier molecular flexibility index (Phi) is 7.64. The van der Waals surface area contributed by atoms with Gasteiger partial charge in [0.25, 0.3) is 0 Å². The Hall–Kier alpha value is -2.65. The van der Waals surface area contributed by atoms with Gasteiger partial charge in [0.1, 0.15) is 5.82 Å². The van der Waals surface area contributed by atoms with E-state index in [4.69, 9.17) is 0 Å². The maximum absolute atomic E-state index is 12.8. The van der Waals surface area contributed by atoms with E-state index in [0.29, 0.717) is 45.2 Å². The third-order valence-electron chi connectivity index (χ3n) is 4.93. The van der Waals surface area contributed by atoms with Crippen LogP contribution in [0.1, 0.15) is 5.56 Å². The third kappa shape index (κ3) is 6.17. The van der Waals surface area contributed by atoms with Crippen LogP contribution in [0.2, 0.25) is 0 Å². The van der Waals surface area contributed by atoms with Crippen molar-refractivity contribution < 1.29 is 8.42 Å². The van der Waals surface area contributed by atoms with Gasteiger partial charge in [-0.25, -0.2) is 18.4 Å². The predicted molar refractivity (Wildman–Crippen MR) is 121 cm³/mol. The lowest BCUT2D eigenvalue weighted by atomic mass is 10.2. The lowest BCUT2D eigenvalue weighted by molar-refractivity contribution is 0.383. The number of aliphatic imine (C=N–C) groups is 1. The van der Waals surface area contributed by atoms with Gasteiger partial charge in [0.05, 0.1) is 12.3 Å². The molecule has 0 aliphatic carbocycles. The average Bonchev–Trinajstić information content (AvgIpc) is 2.77. The molecule has 1 aromatic carbocycles. The first-order valence-corrected chi connectivity index (χ1v) is 11.7. The fourth-order valence-electron chi connectivity index (χ4n) is 3.26. The van der Waals surface area contributed by atoms with Gasteiger partial charge in [0, 0.05) is 53.0 Å². The van der Waals surface area contributed by atoms with E-state index >= 15 is 0 Å². The number of anilines is 1. The van der Waals surface area contributed by atoms with Crippen LogP contribution in [0.4, 0.5) is 5.82 Å². The zero-order valence-corrected chi connectivity index (χ0v) is 18.4. The van der Waals surface area contributed by atoms with Crippen LogP contribution in [0.25, 0.3) is 0 Å². The number of pyridine rings is 1. The Balaban J connectivity index is 1.49. The molecule has 1 saturated heterocycles. The molecule has 1 fully saturated rings. The summed E-state index contributed by atoms with van der Waals surface area (Å²) in [5.41, 5.74) is 1.11. The first-order valence-electron chi connectivity index (χ1n) is 10.1. The summed E-state index contributed by atoms with van der Waals surface area (Å²) >= 11 is 0. The van der Waals surface area contributed by atoms with Crippen LogP contribution >= 0.6 is 0 Å². The van der Waals surface area contributed by atoms with Gasteiger partial charge in [-0.2, -0.15) is 4.31 Å². The number of sulfonamides is 1. The van der Waals surface area contributed by atoms with Crippen molar-refractivity contribution in [3.8, 4) is 0 Å². The molecule has 1 aromatic heterocycles. The lowest BCUT2D eigenvalue weighted by Gasteiger charge is -2.34. The van der Waals surface area contributed by atoms with Gasteiger partial charge < -0.3 is 15.1 Å². The monoisotopic (exact) mass is 430 g/mol. The highest BCUT2D eigenvalue weighted by Crippen LogP contribution is 2.14. The molecule has 162 valence electrons. The van der Waals surface area contributed by atoms with Gasteiger partial charge in [0.2, 0.25) is 10.0 Å². The quantitative estimate of drug-likeness (QED) is 0.526. The molecule has 0 radical (unpaired) electrons. The molecule has 0 atom stereocenters. The molecule has 0 saturated carbocycles. The van der Waals surface area contributed by atoms with Gasteiger partial charge in [-0.3, -0.25) is 0 Å². The van der Waals surface area contributed by atoms with Crippen LogP contribution in [0, 0.1) is 0 Å². The molecule has 1 N–H and O–H groups in total. The predicted octanol–water partition coefficient (Wildman–Crippen LogP) is 1.24. The summed E-state index contributed by atoms with van der Waals surface area (Å²) in [5.74, 6) is 1.60. The molecule has 2 heterocycles. The van der Waals surface area contributed by atoms with E-state index in [1.54, 1.807) is 10.5 Å². The Morgan fingerprint density at radius 1 is 1.07 bits per heavy atom. The summed E-state index contributed by atoms with van der Waals surface area (Å²) in [5, 5.41) is 3.17. The van der Waals surface area contributed by atoms with Crippen molar-refractivity contribution in [2.24, 2.45) is 4.99 Å². The van der Waals surface area contributed by atoms with E-state index in [1.807, 2.05) is 67.5 Å². The standard InChI is InChI=1S/C21H30N6O2S/c1-25(2)21(24-18-19-8-4-3-5-9-19)23-12-17-30(28,29)27-15-13-26(14-16-27)20-10-6-7-11-22-20/h3-11H,12-18H2,1-2H3,(H,23,24). The van der Waals surface area contributed by atoms with Crippen molar-refractivity contribution in [2.45, 2.75) is 6.54 Å². The Morgan fingerprint density at radius 3 is 2.40 bits per heavy atom. The smallest absolute Gasteiger partial charge is 0.215 e. The zero-order valence-electron chi connectivity index (χ0n) is 17.6. The minimum Gasteiger partial charge on any atom is -0.355 e. The van der Waals surface area contributed by atoms with E-state index in [9.17, 15) is 8.42 Å². The number of nitrogens with one attached hydrogen (secondary N) is 1. The van der Waals surface area contributed by atoms with E-state index < -0.39 is 10.0 Å². The van der Waals surface area contributed by atoms with Crippen LogP contribution in [0.3, 0.4) is 0 Å². The number of guanidine groups is 1. The van der Waals surface area contributed by atoms with Crippen molar-refractivity contribution in [1.82, 2.24) is 19.5 Å². The second kappa shape index (κ2) is 10.4. The number of hydrogen-bond donors (Lipinski definition) is 1. The van der Waals surface area contributed by atoms with Crippen LogP contribution in [0.5, 0.6) is 0 Å². The molecule has 3 rings (SSSR count). The first kappa shape index (κ1) is 22.0.